The number of hydrogen-bond acceptors (Lipinski definition) is 4. The molecule has 2 aliphatic heterocycles. The van der Waals surface area contributed by atoms with Gasteiger partial charge < -0.3 is 19.9 Å². The van der Waals surface area contributed by atoms with E-state index in [1.54, 1.807) is 7.11 Å². The summed E-state index contributed by atoms with van der Waals surface area (Å²) in [5.41, 5.74) is 2.25. The maximum absolute atomic E-state index is 12.8. The monoisotopic (exact) mass is 380 g/mol. The molecule has 148 valence electrons. The van der Waals surface area contributed by atoms with Gasteiger partial charge in [-0.15, -0.1) is 0 Å². The third-order valence-corrected chi connectivity index (χ3v) is 5.70. The van der Waals surface area contributed by atoms with E-state index in [0.717, 1.165) is 55.2 Å². The Morgan fingerprint density at radius 3 is 2.68 bits per heavy atom. The molecule has 2 amide bonds. The van der Waals surface area contributed by atoms with Crippen LogP contribution in [0.4, 0.5) is 10.6 Å². The summed E-state index contributed by atoms with van der Waals surface area (Å²) in [7, 11) is 1.67. The molecule has 3 heterocycles. The summed E-state index contributed by atoms with van der Waals surface area (Å²) in [6.07, 6.45) is 6.31. The Morgan fingerprint density at radius 1 is 1.14 bits per heavy atom. The van der Waals surface area contributed by atoms with Crippen LogP contribution in [-0.2, 0) is 6.54 Å². The molecule has 0 spiro atoms. The molecule has 1 atom stereocenters. The molecule has 1 aromatic heterocycles. The topological polar surface area (TPSA) is 57.7 Å². The summed E-state index contributed by atoms with van der Waals surface area (Å²) in [5.74, 6) is 1.85. The SMILES string of the molecule is COc1ccc(C2CCCN2C(=O)NCc2ccnc(N3CCCC3)c2)cc1. The molecule has 2 saturated heterocycles. The van der Waals surface area contributed by atoms with Crippen molar-refractivity contribution in [2.75, 3.05) is 31.6 Å². The second-order valence-corrected chi connectivity index (χ2v) is 7.50. The number of pyridine rings is 1. The predicted molar refractivity (Wildman–Crippen MR) is 110 cm³/mol. The Morgan fingerprint density at radius 2 is 1.93 bits per heavy atom. The first-order valence-electron chi connectivity index (χ1n) is 10.1. The summed E-state index contributed by atoms with van der Waals surface area (Å²) in [4.78, 5) is 21.6. The number of aromatic nitrogens is 1. The predicted octanol–water partition coefficient (Wildman–Crippen LogP) is 3.74. The van der Waals surface area contributed by atoms with Crippen LogP contribution in [0, 0.1) is 0 Å². The second kappa shape index (κ2) is 8.50. The fourth-order valence-corrected chi connectivity index (χ4v) is 4.15. The van der Waals surface area contributed by atoms with Gasteiger partial charge in [-0.05, 0) is 61.1 Å². The summed E-state index contributed by atoms with van der Waals surface area (Å²) in [5, 5.41) is 3.10. The zero-order valence-corrected chi connectivity index (χ0v) is 16.4. The molecule has 4 rings (SSSR count). The van der Waals surface area contributed by atoms with E-state index in [1.807, 2.05) is 29.3 Å². The molecule has 0 aliphatic carbocycles. The van der Waals surface area contributed by atoms with Crippen molar-refractivity contribution in [1.29, 1.82) is 0 Å². The van der Waals surface area contributed by atoms with E-state index in [9.17, 15) is 4.79 Å². The van der Waals surface area contributed by atoms with Gasteiger partial charge in [0.1, 0.15) is 11.6 Å². The van der Waals surface area contributed by atoms with Gasteiger partial charge in [-0.2, -0.15) is 0 Å². The molecular formula is C22H28N4O2. The number of likely N-dealkylation sites (tertiary alicyclic amines) is 1. The number of amides is 2. The lowest BCUT2D eigenvalue weighted by Crippen LogP contribution is -2.39. The van der Waals surface area contributed by atoms with Crippen molar-refractivity contribution in [2.24, 2.45) is 0 Å². The van der Waals surface area contributed by atoms with Crippen molar-refractivity contribution in [3.63, 3.8) is 0 Å². The minimum Gasteiger partial charge on any atom is -0.497 e. The fraction of sp³-hybridized carbons (Fsp3) is 0.455. The fourth-order valence-electron chi connectivity index (χ4n) is 4.15. The highest BCUT2D eigenvalue weighted by Crippen LogP contribution is 2.32. The van der Waals surface area contributed by atoms with Crippen molar-refractivity contribution in [3.8, 4) is 5.75 Å². The quantitative estimate of drug-likeness (QED) is 0.859. The summed E-state index contributed by atoms with van der Waals surface area (Å²) < 4.78 is 5.24. The van der Waals surface area contributed by atoms with Crippen molar-refractivity contribution >= 4 is 11.8 Å². The minimum absolute atomic E-state index is 0.00199. The maximum Gasteiger partial charge on any atom is 0.318 e. The average molecular weight is 380 g/mol. The zero-order valence-electron chi connectivity index (χ0n) is 16.4. The summed E-state index contributed by atoms with van der Waals surface area (Å²) in [6, 6.07) is 12.2. The van der Waals surface area contributed by atoms with Crippen LogP contribution in [0.2, 0.25) is 0 Å². The Hall–Kier alpha value is -2.76. The van der Waals surface area contributed by atoms with E-state index in [2.05, 4.69) is 33.4 Å². The van der Waals surface area contributed by atoms with E-state index in [-0.39, 0.29) is 12.1 Å². The number of carbonyl (C=O) groups is 1. The van der Waals surface area contributed by atoms with Gasteiger partial charge in [0.05, 0.1) is 13.2 Å². The van der Waals surface area contributed by atoms with Gasteiger partial charge in [-0.3, -0.25) is 0 Å². The van der Waals surface area contributed by atoms with Gasteiger partial charge in [0.15, 0.2) is 0 Å². The summed E-state index contributed by atoms with van der Waals surface area (Å²) in [6.45, 7) is 3.45. The van der Waals surface area contributed by atoms with E-state index < -0.39 is 0 Å². The molecule has 2 fully saturated rings. The van der Waals surface area contributed by atoms with Crippen molar-refractivity contribution in [3.05, 3.63) is 53.7 Å². The first-order valence-corrected chi connectivity index (χ1v) is 10.1. The van der Waals surface area contributed by atoms with Crippen LogP contribution < -0.4 is 15.0 Å². The number of nitrogens with one attached hydrogen (secondary N) is 1. The number of benzene rings is 1. The molecule has 1 N–H and O–H groups in total. The third kappa shape index (κ3) is 4.06. The molecule has 6 heteroatoms. The number of nitrogens with zero attached hydrogens (tertiary/aromatic N) is 3. The first kappa shape index (κ1) is 18.6. The smallest absolute Gasteiger partial charge is 0.318 e. The Balaban J connectivity index is 1.38. The molecule has 0 saturated carbocycles. The number of urea groups is 1. The molecule has 28 heavy (non-hydrogen) atoms. The number of carbonyl (C=O) groups excluding carboxylic acids is 1. The minimum atomic E-state index is -0.00199. The van der Waals surface area contributed by atoms with Crippen LogP contribution in [0.15, 0.2) is 42.6 Å². The van der Waals surface area contributed by atoms with Crippen molar-refractivity contribution in [1.82, 2.24) is 15.2 Å². The van der Waals surface area contributed by atoms with Gasteiger partial charge in [0, 0.05) is 32.4 Å². The van der Waals surface area contributed by atoms with E-state index in [1.165, 1.54) is 12.8 Å². The molecular weight excluding hydrogens is 352 g/mol. The van der Waals surface area contributed by atoms with Crippen LogP contribution in [0.25, 0.3) is 0 Å². The molecule has 2 aliphatic rings. The Bertz CT molecular complexity index is 802. The Kier molecular flexibility index (Phi) is 5.65. The van der Waals surface area contributed by atoms with Gasteiger partial charge in [-0.25, -0.2) is 9.78 Å². The third-order valence-electron chi connectivity index (χ3n) is 5.70. The van der Waals surface area contributed by atoms with Gasteiger partial charge >= 0.3 is 6.03 Å². The van der Waals surface area contributed by atoms with Gasteiger partial charge in [0.25, 0.3) is 0 Å². The molecule has 2 aromatic rings. The Labute approximate surface area is 166 Å². The highest BCUT2D eigenvalue weighted by molar-refractivity contribution is 5.75. The van der Waals surface area contributed by atoms with E-state index in [0.29, 0.717) is 6.54 Å². The second-order valence-electron chi connectivity index (χ2n) is 7.50. The van der Waals surface area contributed by atoms with Crippen LogP contribution in [0.5, 0.6) is 5.75 Å². The van der Waals surface area contributed by atoms with Crippen LogP contribution in [-0.4, -0.2) is 42.7 Å². The molecule has 1 unspecified atom stereocenters. The number of ether oxygens (including phenoxy) is 1. The molecule has 0 radical (unpaired) electrons. The van der Waals surface area contributed by atoms with E-state index >= 15 is 0 Å². The van der Waals surface area contributed by atoms with Crippen molar-refractivity contribution in [2.45, 2.75) is 38.3 Å². The standard InChI is InChI=1S/C22H28N4O2/c1-28-19-8-6-18(7-9-19)20-5-4-14-26(20)22(27)24-16-17-10-11-23-21(15-17)25-12-2-3-13-25/h6-11,15,20H,2-5,12-14,16H2,1H3,(H,24,27). The molecule has 6 nitrogen and oxygen atoms in total. The highest BCUT2D eigenvalue weighted by atomic mass is 16.5. The van der Waals surface area contributed by atoms with E-state index in [4.69, 9.17) is 4.74 Å². The molecule has 1 aromatic carbocycles. The molecule has 0 bridgehead atoms. The lowest BCUT2D eigenvalue weighted by Gasteiger charge is -2.25. The van der Waals surface area contributed by atoms with Crippen molar-refractivity contribution < 1.29 is 9.53 Å². The van der Waals surface area contributed by atoms with Crippen LogP contribution >= 0.6 is 0 Å². The summed E-state index contributed by atoms with van der Waals surface area (Å²) >= 11 is 0. The highest BCUT2D eigenvalue weighted by Gasteiger charge is 2.29. The van der Waals surface area contributed by atoms with Gasteiger partial charge in [-0.1, -0.05) is 12.1 Å². The lowest BCUT2D eigenvalue weighted by atomic mass is 10.0. The number of rotatable bonds is 5. The number of methoxy groups -OCH3 is 1. The maximum atomic E-state index is 12.8. The van der Waals surface area contributed by atoms with Crippen LogP contribution in [0.3, 0.4) is 0 Å². The first-order chi connectivity index (χ1) is 13.7. The number of hydrogen-bond donors (Lipinski definition) is 1. The zero-order chi connectivity index (χ0) is 19.3. The normalized spacial score (nSPS) is 19.1. The number of anilines is 1. The van der Waals surface area contributed by atoms with Gasteiger partial charge in [0.2, 0.25) is 0 Å². The van der Waals surface area contributed by atoms with Crippen LogP contribution in [0.1, 0.15) is 42.9 Å². The average Bonchev–Trinajstić information content (AvgIpc) is 3.44. The largest absolute Gasteiger partial charge is 0.497 e. The lowest BCUT2D eigenvalue weighted by molar-refractivity contribution is 0.192.